The Labute approximate surface area is 110 Å². The van der Waals surface area contributed by atoms with Gasteiger partial charge in [0, 0.05) is 19.2 Å². The van der Waals surface area contributed by atoms with Crippen LogP contribution in [0.15, 0.2) is 42.7 Å². The number of nitrogens with zero attached hydrogens (tertiary/aromatic N) is 3. The summed E-state index contributed by atoms with van der Waals surface area (Å²) in [6.45, 7) is 1.10. The smallest absolute Gasteiger partial charge is 0.294 e. The molecular weight excluding hydrogens is 242 g/mol. The number of amides is 1. The van der Waals surface area contributed by atoms with Crippen LogP contribution < -0.4 is 4.90 Å². The van der Waals surface area contributed by atoms with Gasteiger partial charge in [-0.1, -0.05) is 30.3 Å². The highest BCUT2D eigenvalue weighted by atomic mass is 16.2. The molecule has 5 heteroatoms. The first kappa shape index (κ1) is 11.6. The minimum atomic E-state index is -0.431. The van der Waals surface area contributed by atoms with Gasteiger partial charge in [0.2, 0.25) is 5.78 Å². The zero-order valence-electron chi connectivity index (χ0n) is 10.3. The van der Waals surface area contributed by atoms with Crippen LogP contribution in [0.4, 0.5) is 5.69 Å². The summed E-state index contributed by atoms with van der Waals surface area (Å²) in [7, 11) is 0. The van der Waals surface area contributed by atoms with E-state index in [1.54, 1.807) is 17.1 Å². The third-order valence-electron chi connectivity index (χ3n) is 3.16. The van der Waals surface area contributed by atoms with E-state index in [0.29, 0.717) is 25.2 Å². The number of hydrogen-bond acceptors (Lipinski definition) is 3. The SMILES string of the molecule is O=C1CCN(c2cnn(Cc3ccccc3)c2)C1=O. The molecule has 1 amide bonds. The second-order valence-corrected chi connectivity index (χ2v) is 4.51. The van der Waals surface area contributed by atoms with Crippen molar-refractivity contribution < 1.29 is 9.59 Å². The molecule has 0 aliphatic carbocycles. The van der Waals surface area contributed by atoms with Crippen molar-refractivity contribution in [3.63, 3.8) is 0 Å². The maximum Gasteiger partial charge on any atom is 0.294 e. The first-order valence-electron chi connectivity index (χ1n) is 6.15. The zero-order valence-corrected chi connectivity index (χ0v) is 10.3. The fourth-order valence-corrected chi connectivity index (χ4v) is 2.17. The lowest BCUT2D eigenvalue weighted by molar-refractivity contribution is -0.133. The number of hydrogen-bond donors (Lipinski definition) is 0. The van der Waals surface area contributed by atoms with Crippen LogP contribution in [0.25, 0.3) is 0 Å². The quantitative estimate of drug-likeness (QED) is 0.775. The third-order valence-corrected chi connectivity index (χ3v) is 3.16. The second kappa shape index (κ2) is 4.68. The standard InChI is InChI=1S/C14H13N3O2/c18-13-6-7-17(14(13)19)12-8-15-16(10-12)9-11-4-2-1-3-5-11/h1-5,8,10H,6-7,9H2. The monoisotopic (exact) mass is 255 g/mol. The van der Waals surface area contributed by atoms with Crippen LogP contribution in [0.1, 0.15) is 12.0 Å². The van der Waals surface area contributed by atoms with Crippen LogP contribution in [0, 0.1) is 0 Å². The van der Waals surface area contributed by atoms with Gasteiger partial charge in [-0.2, -0.15) is 5.10 Å². The molecule has 96 valence electrons. The van der Waals surface area contributed by atoms with Crippen LogP contribution in [-0.2, 0) is 16.1 Å². The topological polar surface area (TPSA) is 55.2 Å². The third kappa shape index (κ3) is 2.27. The van der Waals surface area contributed by atoms with Crippen LogP contribution in [0.3, 0.4) is 0 Å². The van der Waals surface area contributed by atoms with Crippen molar-refractivity contribution in [2.24, 2.45) is 0 Å². The van der Waals surface area contributed by atoms with Gasteiger partial charge in [-0.25, -0.2) is 0 Å². The van der Waals surface area contributed by atoms with Crippen molar-refractivity contribution in [2.75, 3.05) is 11.4 Å². The average molecular weight is 255 g/mol. The summed E-state index contributed by atoms with van der Waals surface area (Å²) in [6.07, 6.45) is 3.71. The maximum atomic E-state index is 11.6. The summed E-state index contributed by atoms with van der Waals surface area (Å²) in [6, 6.07) is 9.95. The first-order valence-corrected chi connectivity index (χ1v) is 6.15. The van der Waals surface area contributed by atoms with Crippen molar-refractivity contribution in [2.45, 2.75) is 13.0 Å². The fraction of sp³-hybridized carbons (Fsp3) is 0.214. The Morgan fingerprint density at radius 2 is 1.95 bits per heavy atom. The molecule has 2 heterocycles. The number of ketones is 1. The van der Waals surface area contributed by atoms with E-state index in [9.17, 15) is 9.59 Å². The van der Waals surface area contributed by atoms with E-state index >= 15 is 0 Å². The predicted molar refractivity (Wildman–Crippen MR) is 69.7 cm³/mol. The number of rotatable bonds is 3. The molecule has 5 nitrogen and oxygen atoms in total. The van der Waals surface area contributed by atoms with E-state index in [1.165, 1.54) is 4.90 Å². The molecule has 1 fully saturated rings. The molecule has 0 N–H and O–H groups in total. The van der Waals surface area contributed by atoms with Gasteiger partial charge in [0.25, 0.3) is 5.91 Å². The van der Waals surface area contributed by atoms with Gasteiger partial charge in [-0.05, 0) is 5.56 Å². The molecular formula is C14H13N3O2. The molecule has 1 aromatic carbocycles. The molecule has 1 aromatic heterocycles. The maximum absolute atomic E-state index is 11.6. The molecule has 1 aliphatic rings. The lowest BCUT2D eigenvalue weighted by Crippen LogP contribution is -2.26. The molecule has 0 radical (unpaired) electrons. The van der Waals surface area contributed by atoms with E-state index in [0.717, 1.165) is 5.56 Å². The highest BCUT2D eigenvalue weighted by molar-refractivity contribution is 6.43. The molecule has 1 aliphatic heterocycles. The summed E-state index contributed by atoms with van der Waals surface area (Å²) >= 11 is 0. The highest BCUT2D eigenvalue weighted by Gasteiger charge is 2.30. The number of aromatic nitrogens is 2. The number of benzene rings is 1. The molecule has 1 saturated heterocycles. The summed E-state index contributed by atoms with van der Waals surface area (Å²) in [5.74, 6) is -0.755. The minimum absolute atomic E-state index is 0.294. The summed E-state index contributed by atoms with van der Waals surface area (Å²) < 4.78 is 1.76. The Balaban J connectivity index is 1.77. The molecule has 19 heavy (non-hydrogen) atoms. The minimum Gasteiger partial charge on any atom is -0.302 e. The number of carbonyl (C=O) groups excluding carboxylic acids is 2. The molecule has 0 spiro atoms. The van der Waals surface area contributed by atoms with Gasteiger partial charge in [-0.3, -0.25) is 14.3 Å². The second-order valence-electron chi connectivity index (χ2n) is 4.51. The van der Waals surface area contributed by atoms with E-state index in [1.807, 2.05) is 30.3 Å². The lowest BCUT2D eigenvalue weighted by Gasteiger charge is -2.10. The van der Waals surface area contributed by atoms with Gasteiger partial charge < -0.3 is 4.90 Å². The highest BCUT2D eigenvalue weighted by Crippen LogP contribution is 2.19. The predicted octanol–water partition coefficient (Wildman–Crippen LogP) is 1.24. The number of Topliss-reactive ketones (excluding diaryl/α,β-unsaturated/α-hetero) is 1. The molecule has 0 unspecified atom stereocenters. The van der Waals surface area contributed by atoms with Gasteiger partial charge in [-0.15, -0.1) is 0 Å². The van der Waals surface area contributed by atoms with E-state index < -0.39 is 5.91 Å². The molecule has 0 atom stereocenters. The molecule has 0 saturated carbocycles. The van der Waals surface area contributed by atoms with Crippen molar-refractivity contribution in [3.8, 4) is 0 Å². The number of anilines is 1. The van der Waals surface area contributed by atoms with E-state index in [4.69, 9.17) is 0 Å². The van der Waals surface area contributed by atoms with Crippen LogP contribution >= 0.6 is 0 Å². The Morgan fingerprint density at radius 1 is 1.16 bits per heavy atom. The summed E-state index contributed by atoms with van der Waals surface area (Å²) in [5.41, 5.74) is 1.83. The van der Waals surface area contributed by atoms with Crippen LogP contribution in [0.2, 0.25) is 0 Å². The van der Waals surface area contributed by atoms with Crippen molar-refractivity contribution >= 4 is 17.4 Å². The van der Waals surface area contributed by atoms with Crippen LogP contribution in [-0.4, -0.2) is 28.0 Å². The van der Waals surface area contributed by atoms with Crippen molar-refractivity contribution in [1.82, 2.24) is 9.78 Å². The first-order chi connectivity index (χ1) is 9.24. The van der Waals surface area contributed by atoms with E-state index in [-0.39, 0.29) is 5.78 Å². The Kier molecular flexibility index (Phi) is 2.87. The van der Waals surface area contributed by atoms with Crippen LogP contribution in [0.5, 0.6) is 0 Å². The van der Waals surface area contributed by atoms with Crippen molar-refractivity contribution in [3.05, 3.63) is 48.3 Å². The normalized spacial score (nSPS) is 15.3. The Bertz CT molecular complexity index is 619. The molecule has 2 aromatic rings. The Hall–Kier alpha value is -2.43. The average Bonchev–Trinajstić information content (AvgIpc) is 3.00. The van der Waals surface area contributed by atoms with Gasteiger partial charge in [0.15, 0.2) is 0 Å². The fourth-order valence-electron chi connectivity index (χ4n) is 2.17. The largest absolute Gasteiger partial charge is 0.302 e. The summed E-state index contributed by atoms with van der Waals surface area (Å²) in [4.78, 5) is 24.3. The summed E-state index contributed by atoms with van der Waals surface area (Å²) in [5, 5.41) is 4.23. The van der Waals surface area contributed by atoms with Crippen molar-refractivity contribution in [1.29, 1.82) is 0 Å². The molecule has 0 bridgehead atoms. The molecule has 3 rings (SSSR count). The van der Waals surface area contributed by atoms with E-state index in [2.05, 4.69) is 5.10 Å². The zero-order chi connectivity index (χ0) is 13.2. The van der Waals surface area contributed by atoms with Gasteiger partial charge in [0.05, 0.1) is 18.4 Å². The Morgan fingerprint density at radius 3 is 2.63 bits per heavy atom. The van der Waals surface area contributed by atoms with Gasteiger partial charge >= 0.3 is 0 Å². The number of carbonyl (C=O) groups is 2. The lowest BCUT2D eigenvalue weighted by atomic mass is 10.2. The van der Waals surface area contributed by atoms with Gasteiger partial charge in [0.1, 0.15) is 0 Å².